The van der Waals surface area contributed by atoms with E-state index in [4.69, 9.17) is 0 Å². The number of carbonyl (C=O) groups excluding carboxylic acids is 3. The van der Waals surface area contributed by atoms with Crippen LogP contribution in [0.2, 0.25) is 0 Å². The summed E-state index contributed by atoms with van der Waals surface area (Å²) in [5.74, 6) is -2.39. The van der Waals surface area contributed by atoms with Crippen molar-refractivity contribution in [1.82, 2.24) is 10.6 Å². The highest BCUT2D eigenvalue weighted by molar-refractivity contribution is 6.05. The second-order valence-electron chi connectivity index (χ2n) is 9.33. The molecule has 3 atom stereocenters. The zero-order valence-electron chi connectivity index (χ0n) is 20.9. The molecule has 0 aromatic heterocycles. The van der Waals surface area contributed by atoms with Crippen LogP contribution in [0.15, 0.2) is 65.5 Å². The van der Waals surface area contributed by atoms with E-state index in [2.05, 4.69) is 21.3 Å². The first kappa shape index (κ1) is 25.0. The highest BCUT2D eigenvalue weighted by Gasteiger charge is 2.35. The maximum absolute atomic E-state index is 13.8. The summed E-state index contributed by atoms with van der Waals surface area (Å²) in [7, 11) is 3.87. The monoisotopic (exact) mass is 491 g/mol. The maximum Gasteiger partial charge on any atom is 0.250 e. The molecule has 0 saturated heterocycles. The predicted molar refractivity (Wildman–Crippen MR) is 138 cm³/mol. The Morgan fingerprint density at radius 1 is 1.11 bits per heavy atom. The fourth-order valence-corrected chi connectivity index (χ4v) is 4.46. The maximum atomic E-state index is 13.8. The van der Waals surface area contributed by atoms with E-state index in [1.54, 1.807) is 32.1 Å². The number of allylic oxidation sites excluding steroid dienone is 2. The van der Waals surface area contributed by atoms with Crippen LogP contribution in [0.3, 0.4) is 0 Å². The van der Waals surface area contributed by atoms with Gasteiger partial charge in [0.15, 0.2) is 0 Å². The average molecular weight is 492 g/mol. The van der Waals surface area contributed by atoms with Gasteiger partial charge in [-0.3, -0.25) is 14.4 Å². The van der Waals surface area contributed by atoms with Crippen molar-refractivity contribution in [3.05, 3.63) is 76.9 Å². The van der Waals surface area contributed by atoms with Gasteiger partial charge in [-0.1, -0.05) is 6.92 Å². The molecule has 2 aliphatic rings. The number of fused-ring (bicyclic) bond motifs is 1. The Balaban J connectivity index is 1.42. The summed E-state index contributed by atoms with van der Waals surface area (Å²) < 4.78 is 13.8. The molecular weight excluding hydrogens is 461 g/mol. The molecule has 0 saturated carbocycles. The van der Waals surface area contributed by atoms with E-state index in [0.717, 1.165) is 5.69 Å². The quantitative estimate of drug-likeness (QED) is 0.496. The smallest absolute Gasteiger partial charge is 0.250 e. The fourth-order valence-electron chi connectivity index (χ4n) is 4.46. The third-order valence-corrected chi connectivity index (χ3v) is 6.51. The van der Waals surface area contributed by atoms with Gasteiger partial charge in [0.1, 0.15) is 11.9 Å². The van der Waals surface area contributed by atoms with Crippen molar-refractivity contribution in [3.63, 3.8) is 0 Å². The molecule has 3 amide bonds. The molecule has 9 heteroatoms. The van der Waals surface area contributed by atoms with Crippen LogP contribution >= 0.6 is 0 Å². The Labute approximate surface area is 209 Å². The van der Waals surface area contributed by atoms with E-state index in [9.17, 15) is 18.8 Å². The summed E-state index contributed by atoms with van der Waals surface area (Å²) in [5.41, 5.74) is 4.56. The number of hydrogen-bond acceptors (Lipinski definition) is 5. The zero-order chi connectivity index (χ0) is 26.1. The van der Waals surface area contributed by atoms with Gasteiger partial charge in [-0.05, 0) is 68.0 Å². The van der Waals surface area contributed by atoms with E-state index >= 15 is 0 Å². The lowest BCUT2D eigenvalue weighted by molar-refractivity contribution is -0.124. The van der Waals surface area contributed by atoms with E-state index in [1.807, 2.05) is 38.1 Å². The molecule has 2 aromatic rings. The molecule has 2 heterocycles. The van der Waals surface area contributed by atoms with E-state index in [0.29, 0.717) is 33.9 Å². The summed E-state index contributed by atoms with van der Waals surface area (Å²) in [5, 5.41) is 11.5. The van der Waals surface area contributed by atoms with Crippen molar-refractivity contribution in [2.24, 2.45) is 5.92 Å². The van der Waals surface area contributed by atoms with Gasteiger partial charge in [0.25, 0.3) is 0 Å². The van der Waals surface area contributed by atoms with E-state index in [-0.39, 0.29) is 23.6 Å². The summed E-state index contributed by atoms with van der Waals surface area (Å²) >= 11 is 0. The van der Waals surface area contributed by atoms with Crippen LogP contribution < -0.4 is 26.2 Å². The second kappa shape index (κ2) is 9.85. The molecule has 0 fully saturated rings. The number of anilines is 3. The van der Waals surface area contributed by atoms with Crippen molar-refractivity contribution in [1.29, 1.82) is 0 Å². The zero-order valence-corrected chi connectivity index (χ0v) is 20.9. The van der Waals surface area contributed by atoms with Crippen molar-refractivity contribution < 1.29 is 18.8 Å². The van der Waals surface area contributed by atoms with Gasteiger partial charge in [-0.25, -0.2) is 4.39 Å². The summed E-state index contributed by atoms with van der Waals surface area (Å²) in [6.45, 7) is 5.24. The number of halogens is 1. The van der Waals surface area contributed by atoms with Gasteiger partial charge in [0.2, 0.25) is 17.7 Å². The van der Waals surface area contributed by atoms with Crippen molar-refractivity contribution >= 4 is 34.8 Å². The van der Waals surface area contributed by atoms with Gasteiger partial charge in [-0.2, -0.15) is 0 Å². The Morgan fingerprint density at radius 3 is 2.47 bits per heavy atom. The van der Waals surface area contributed by atoms with Gasteiger partial charge < -0.3 is 26.2 Å². The van der Waals surface area contributed by atoms with E-state index < -0.39 is 17.8 Å². The minimum atomic E-state index is -0.776. The Hall–Kier alpha value is -4.14. The third kappa shape index (κ3) is 4.95. The number of hydrogen-bond donors (Lipinski definition) is 4. The molecular formula is C27H30FN5O3. The molecule has 0 aliphatic carbocycles. The van der Waals surface area contributed by atoms with E-state index in [1.165, 1.54) is 18.2 Å². The molecule has 2 aromatic carbocycles. The molecule has 188 valence electrons. The standard InChI is InChI=1S/C27H30FN5O3/c1-14-23(13-21-20-12-17(28)6-11-22(20)32-26(21)35)29-15(2)24(14)27(36)30-16(3)25(34)31-18-7-9-19(10-8-18)33(4)5/h6-14,16,21,29H,1-5H3,(H,30,36)(H,31,34)(H,32,35). The SMILES string of the molecule is CC1=C(C(=O)NC(C)C(=O)Nc2ccc(N(C)C)cc2)C(C)C(=CC2C(=O)Nc3ccc(F)cc32)N1. The lowest BCUT2D eigenvalue weighted by atomic mass is 9.93. The minimum Gasteiger partial charge on any atom is -0.378 e. The number of nitrogens with zero attached hydrogens (tertiary/aromatic N) is 1. The highest BCUT2D eigenvalue weighted by atomic mass is 19.1. The molecule has 2 aliphatic heterocycles. The van der Waals surface area contributed by atoms with Crippen molar-refractivity contribution in [2.45, 2.75) is 32.7 Å². The number of amides is 3. The lowest BCUT2D eigenvalue weighted by Gasteiger charge is -2.17. The molecule has 4 rings (SSSR count). The Morgan fingerprint density at radius 2 is 1.81 bits per heavy atom. The van der Waals surface area contributed by atoms with Crippen LogP contribution in [-0.4, -0.2) is 37.9 Å². The van der Waals surface area contributed by atoms with Crippen LogP contribution in [0.25, 0.3) is 0 Å². The molecule has 36 heavy (non-hydrogen) atoms. The first-order valence-electron chi connectivity index (χ1n) is 11.7. The number of nitrogens with one attached hydrogen (secondary N) is 4. The van der Waals surface area contributed by atoms with Gasteiger partial charge >= 0.3 is 0 Å². The van der Waals surface area contributed by atoms with Gasteiger partial charge in [-0.15, -0.1) is 0 Å². The van der Waals surface area contributed by atoms with Gasteiger partial charge in [0, 0.05) is 54.0 Å². The number of rotatable bonds is 6. The third-order valence-electron chi connectivity index (χ3n) is 6.51. The largest absolute Gasteiger partial charge is 0.378 e. The van der Waals surface area contributed by atoms with Crippen LogP contribution in [0.1, 0.15) is 32.3 Å². The molecule has 0 radical (unpaired) electrons. The topological polar surface area (TPSA) is 103 Å². The van der Waals surface area contributed by atoms with Crippen molar-refractivity contribution in [2.75, 3.05) is 29.6 Å². The molecule has 3 unspecified atom stereocenters. The first-order valence-corrected chi connectivity index (χ1v) is 11.7. The lowest BCUT2D eigenvalue weighted by Crippen LogP contribution is -2.42. The minimum absolute atomic E-state index is 0.253. The normalized spacial score (nSPS) is 20.5. The predicted octanol–water partition coefficient (Wildman–Crippen LogP) is 3.47. The second-order valence-corrected chi connectivity index (χ2v) is 9.33. The molecule has 4 N–H and O–H groups in total. The molecule has 0 spiro atoms. The van der Waals surface area contributed by atoms with Crippen LogP contribution in [0, 0.1) is 11.7 Å². The van der Waals surface area contributed by atoms with Crippen LogP contribution in [0.5, 0.6) is 0 Å². The van der Waals surface area contributed by atoms with Crippen LogP contribution in [0.4, 0.5) is 21.5 Å². The number of carbonyl (C=O) groups is 3. The van der Waals surface area contributed by atoms with Crippen LogP contribution in [-0.2, 0) is 14.4 Å². The molecule has 8 nitrogen and oxygen atoms in total. The summed E-state index contributed by atoms with van der Waals surface area (Å²) in [6.07, 6.45) is 1.72. The summed E-state index contributed by atoms with van der Waals surface area (Å²) in [6, 6.07) is 10.8. The van der Waals surface area contributed by atoms with Crippen molar-refractivity contribution in [3.8, 4) is 0 Å². The Kier molecular flexibility index (Phi) is 6.83. The Bertz CT molecular complexity index is 1280. The fraction of sp³-hybridized carbons (Fsp3) is 0.296. The van der Waals surface area contributed by atoms with Gasteiger partial charge in [0.05, 0.1) is 5.92 Å². The summed E-state index contributed by atoms with van der Waals surface area (Å²) in [4.78, 5) is 40.2. The molecule has 0 bridgehead atoms. The first-order chi connectivity index (χ1) is 17.0. The highest BCUT2D eigenvalue weighted by Crippen LogP contribution is 2.37. The number of benzene rings is 2. The average Bonchev–Trinajstić information content (AvgIpc) is 3.28.